The lowest BCUT2D eigenvalue weighted by molar-refractivity contribution is -0.0846. The minimum atomic E-state index is 0.0876. The zero-order valence-electron chi connectivity index (χ0n) is 10.1. The van der Waals surface area contributed by atoms with E-state index >= 15 is 0 Å². The largest absolute Gasteiger partial charge is 0.373 e. The second kappa shape index (κ2) is 4.81. The Balaban J connectivity index is 1.95. The second-order valence-electron chi connectivity index (χ2n) is 4.95. The molecule has 3 heteroatoms. The van der Waals surface area contributed by atoms with Crippen LogP contribution in [0, 0.1) is 0 Å². The van der Waals surface area contributed by atoms with Gasteiger partial charge in [-0.1, -0.05) is 0 Å². The Morgan fingerprint density at radius 2 is 2.27 bits per heavy atom. The van der Waals surface area contributed by atoms with Crippen LogP contribution in [-0.4, -0.2) is 49.8 Å². The molecule has 0 radical (unpaired) electrons. The van der Waals surface area contributed by atoms with Gasteiger partial charge in [0.15, 0.2) is 0 Å². The molecule has 1 heterocycles. The third-order valence-electron chi connectivity index (χ3n) is 3.58. The van der Waals surface area contributed by atoms with Crippen molar-refractivity contribution in [1.29, 1.82) is 0 Å². The zero-order valence-corrected chi connectivity index (χ0v) is 10.1. The Morgan fingerprint density at radius 1 is 1.47 bits per heavy atom. The van der Waals surface area contributed by atoms with Crippen LogP contribution < -0.4 is 5.32 Å². The van der Waals surface area contributed by atoms with Crippen molar-refractivity contribution in [2.24, 2.45) is 0 Å². The highest BCUT2D eigenvalue weighted by molar-refractivity contribution is 4.96. The van der Waals surface area contributed by atoms with Crippen molar-refractivity contribution in [3.05, 3.63) is 0 Å². The molecule has 2 fully saturated rings. The van der Waals surface area contributed by atoms with Crippen molar-refractivity contribution in [2.75, 3.05) is 33.3 Å². The summed E-state index contributed by atoms with van der Waals surface area (Å²) in [4.78, 5) is 2.64. The van der Waals surface area contributed by atoms with Crippen molar-refractivity contribution < 1.29 is 4.74 Å². The van der Waals surface area contributed by atoms with Crippen LogP contribution in [-0.2, 0) is 4.74 Å². The number of likely N-dealkylation sites (tertiary alicyclic amines) is 1. The molecule has 2 aliphatic rings. The first-order valence-electron chi connectivity index (χ1n) is 6.32. The molecule has 0 aromatic rings. The third-order valence-corrected chi connectivity index (χ3v) is 3.58. The summed E-state index contributed by atoms with van der Waals surface area (Å²) >= 11 is 0. The summed E-state index contributed by atoms with van der Waals surface area (Å²) in [6.07, 6.45) is 5.31. The minimum Gasteiger partial charge on any atom is -0.373 e. The summed E-state index contributed by atoms with van der Waals surface area (Å²) in [5.74, 6) is 0. The molecule has 0 aromatic carbocycles. The lowest BCUT2D eigenvalue weighted by Crippen LogP contribution is -2.55. The number of nitrogens with one attached hydrogen (secondary N) is 1. The van der Waals surface area contributed by atoms with Crippen molar-refractivity contribution >= 4 is 0 Å². The average molecular weight is 212 g/mol. The molecule has 2 rings (SSSR count). The normalized spacial score (nSPS) is 33.2. The number of hydrogen-bond donors (Lipinski definition) is 1. The Morgan fingerprint density at radius 3 is 2.87 bits per heavy atom. The number of hydrogen-bond acceptors (Lipinski definition) is 3. The Bertz CT molecular complexity index is 192. The maximum Gasteiger partial charge on any atom is 0.0932 e. The molecule has 1 N–H and O–H groups in total. The summed E-state index contributed by atoms with van der Waals surface area (Å²) in [5.41, 5.74) is 0.0876. The van der Waals surface area contributed by atoms with E-state index in [0.717, 1.165) is 25.7 Å². The molecular weight excluding hydrogens is 188 g/mol. The predicted octanol–water partition coefficient (Wildman–Crippen LogP) is 1.24. The van der Waals surface area contributed by atoms with Gasteiger partial charge in [0, 0.05) is 25.7 Å². The molecule has 0 amide bonds. The van der Waals surface area contributed by atoms with E-state index < -0.39 is 0 Å². The van der Waals surface area contributed by atoms with Gasteiger partial charge in [-0.2, -0.15) is 0 Å². The van der Waals surface area contributed by atoms with Crippen molar-refractivity contribution in [2.45, 2.75) is 44.2 Å². The number of piperidine rings is 1. The molecule has 0 aromatic heterocycles. The first kappa shape index (κ1) is 11.4. The second-order valence-corrected chi connectivity index (χ2v) is 4.95. The van der Waals surface area contributed by atoms with Crippen molar-refractivity contribution in [3.8, 4) is 0 Å². The van der Waals surface area contributed by atoms with Crippen LogP contribution in [0.1, 0.15) is 32.6 Å². The predicted molar refractivity (Wildman–Crippen MR) is 62.1 cm³/mol. The van der Waals surface area contributed by atoms with Gasteiger partial charge in [0.2, 0.25) is 0 Å². The topological polar surface area (TPSA) is 24.5 Å². The summed E-state index contributed by atoms with van der Waals surface area (Å²) in [6.45, 7) is 6.34. The average Bonchev–Trinajstić information content (AvgIpc) is 3.02. The summed E-state index contributed by atoms with van der Waals surface area (Å²) < 4.78 is 6.01. The van der Waals surface area contributed by atoms with Gasteiger partial charge in [-0.15, -0.1) is 0 Å². The Labute approximate surface area is 93.2 Å². The number of ether oxygens (including phenoxy) is 1. The molecule has 1 atom stereocenters. The van der Waals surface area contributed by atoms with Gasteiger partial charge in [-0.05, 0) is 46.2 Å². The van der Waals surface area contributed by atoms with Gasteiger partial charge in [0.25, 0.3) is 0 Å². The molecule has 1 aliphatic carbocycles. The van der Waals surface area contributed by atoms with E-state index in [-0.39, 0.29) is 5.60 Å². The van der Waals surface area contributed by atoms with Crippen LogP contribution in [0.5, 0.6) is 0 Å². The van der Waals surface area contributed by atoms with E-state index in [1.54, 1.807) is 0 Å². The van der Waals surface area contributed by atoms with E-state index in [9.17, 15) is 0 Å². The first-order valence-corrected chi connectivity index (χ1v) is 6.32. The van der Waals surface area contributed by atoms with Crippen molar-refractivity contribution in [3.63, 3.8) is 0 Å². The highest BCUT2D eigenvalue weighted by atomic mass is 16.5. The fourth-order valence-electron chi connectivity index (χ4n) is 2.83. The number of nitrogens with zero attached hydrogens (tertiary/aromatic N) is 1. The molecule has 1 aliphatic heterocycles. The Hall–Kier alpha value is -0.120. The molecule has 0 bridgehead atoms. The molecule has 88 valence electrons. The van der Waals surface area contributed by atoms with E-state index in [4.69, 9.17) is 4.74 Å². The molecular formula is C12H24N2O. The minimum absolute atomic E-state index is 0.0876. The fourth-order valence-corrected chi connectivity index (χ4v) is 2.83. The Kier molecular flexibility index (Phi) is 3.65. The van der Waals surface area contributed by atoms with Crippen LogP contribution in [0.4, 0.5) is 0 Å². The van der Waals surface area contributed by atoms with Gasteiger partial charge in [-0.25, -0.2) is 0 Å². The van der Waals surface area contributed by atoms with E-state index in [2.05, 4.69) is 17.1 Å². The third kappa shape index (κ3) is 2.71. The maximum atomic E-state index is 6.01. The maximum absolute atomic E-state index is 6.01. The van der Waals surface area contributed by atoms with Gasteiger partial charge >= 0.3 is 0 Å². The van der Waals surface area contributed by atoms with E-state index in [1.165, 1.54) is 32.2 Å². The van der Waals surface area contributed by atoms with Crippen molar-refractivity contribution in [1.82, 2.24) is 10.2 Å². The molecule has 1 unspecified atom stereocenters. The lowest BCUT2D eigenvalue weighted by Gasteiger charge is -2.42. The fraction of sp³-hybridized carbons (Fsp3) is 1.00. The number of rotatable bonds is 5. The SMILES string of the molecule is CCOC1(CNC)CCCN(C2CC2)C1. The highest BCUT2D eigenvalue weighted by Crippen LogP contribution is 2.33. The van der Waals surface area contributed by atoms with Crippen LogP contribution >= 0.6 is 0 Å². The summed E-state index contributed by atoms with van der Waals surface area (Å²) in [6, 6.07) is 0.877. The van der Waals surface area contributed by atoms with Crippen LogP contribution in [0.15, 0.2) is 0 Å². The van der Waals surface area contributed by atoms with Crippen LogP contribution in [0.25, 0.3) is 0 Å². The number of likely N-dealkylation sites (N-methyl/N-ethyl adjacent to an activating group) is 1. The van der Waals surface area contributed by atoms with Gasteiger partial charge in [-0.3, -0.25) is 4.90 Å². The molecule has 0 spiro atoms. The summed E-state index contributed by atoms with van der Waals surface area (Å²) in [7, 11) is 2.02. The van der Waals surface area contributed by atoms with Crippen LogP contribution in [0.3, 0.4) is 0 Å². The van der Waals surface area contributed by atoms with E-state index in [0.29, 0.717) is 0 Å². The molecule has 3 nitrogen and oxygen atoms in total. The quantitative estimate of drug-likeness (QED) is 0.742. The highest BCUT2D eigenvalue weighted by Gasteiger charge is 2.40. The lowest BCUT2D eigenvalue weighted by atomic mass is 9.92. The first-order chi connectivity index (χ1) is 7.29. The smallest absolute Gasteiger partial charge is 0.0932 e. The van der Waals surface area contributed by atoms with Gasteiger partial charge < -0.3 is 10.1 Å². The monoisotopic (exact) mass is 212 g/mol. The standard InChI is InChI=1S/C12H24N2O/c1-3-15-12(9-13-2)7-4-8-14(10-12)11-5-6-11/h11,13H,3-10H2,1-2H3. The zero-order chi connectivity index (χ0) is 10.7. The molecule has 1 saturated carbocycles. The van der Waals surface area contributed by atoms with E-state index in [1.807, 2.05) is 7.05 Å². The van der Waals surface area contributed by atoms with Gasteiger partial charge in [0.1, 0.15) is 0 Å². The summed E-state index contributed by atoms with van der Waals surface area (Å²) in [5, 5.41) is 3.29. The molecule has 1 saturated heterocycles. The van der Waals surface area contributed by atoms with Crippen LogP contribution in [0.2, 0.25) is 0 Å². The van der Waals surface area contributed by atoms with Gasteiger partial charge in [0.05, 0.1) is 5.60 Å². The molecule has 15 heavy (non-hydrogen) atoms.